The molecule has 0 saturated heterocycles. The first kappa shape index (κ1) is 27.6. The fraction of sp³-hybridized carbons (Fsp3) is 0.522. The van der Waals surface area contributed by atoms with Crippen molar-refractivity contribution >= 4 is 63.9 Å². The molecule has 0 aliphatic heterocycles. The second-order valence-electron chi connectivity index (χ2n) is 6.70. The fourth-order valence-electron chi connectivity index (χ4n) is 2.96. The molecule has 0 N–H and O–H groups in total. The molecule has 1 aromatic heterocycles. The number of hydrogen-bond acceptors (Lipinski definition) is 4. The van der Waals surface area contributed by atoms with E-state index in [1.54, 1.807) is 6.07 Å². The van der Waals surface area contributed by atoms with Crippen LogP contribution >= 0.6 is 57.9 Å². The van der Waals surface area contributed by atoms with Gasteiger partial charge < -0.3 is 4.74 Å². The van der Waals surface area contributed by atoms with Gasteiger partial charge in [-0.25, -0.2) is 4.79 Å². The number of rotatable bonds is 6. The average Bonchev–Trinajstić information content (AvgIpc) is 3.36. The van der Waals surface area contributed by atoms with Crippen LogP contribution in [0.1, 0.15) is 61.0 Å². The number of thiophene rings is 1. The van der Waals surface area contributed by atoms with Crippen molar-refractivity contribution in [3.8, 4) is 0 Å². The van der Waals surface area contributed by atoms with E-state index in [4.69, 9.17) is 34.8 Å². The number of hydrogen-bond donors (Lipinski definition) is 0. The highest BCUT2D eigenvalue weighted by Crippen LogP contribution is 2.35. The summed E-state index contributed by atoms with van der Waals surface area (Å²) < 4.78 is 4.60. The summed E-state index contributed by atoms with van der Waals surface area (Å²) in [6, 6.07) is 9.50. The smallest absolute Gasteiger partial charge is 0.348 e. The molecular weight excluding hydrogens is 479 g/mol. The van der Waals surface area contributed by atoms with Crippen LogP contribution < -0.4 is 0 Å². The number of thioether (sulfide) groups is 1. The summed E-state index contributed by atoms with van der Waals surface area (Å²) in [5.74, 6) is 1.62. The van der Waals surface area contributed by atoms with E-state index < -0.39 is 0 Å². The molecule has 3 rings (SSSR count). The molecule has 2 atom stereocenters. The highest BCUT2D eigenvalue weighted by Gasteiger charge is 2.22. The summed E-state index contributed by atoms with van der Waals surface area (Å²) >= 11 is 21.3. The number of benzene rings is 1. The van der Waals surface area contributed by atoms with Crippen LogP contribution in [0.3, 0.4) is 0 Å². The fourth-order valence-corrected chi connectivity index (χ4v) is 6.17. The van der Waals surface area contributed by atoms with Crippen molar-refractivity contribution in [2.75, 3.05) is 12.9 Å². The first-order valence-corrected chi connectivity index (χ1v) is 13.3. The third kappa shape index (κ3) is 10.3. The van der Waals surface area contributed by atoms with E-state index in [9.17, 15) is 4.79 Å². The Balaban J connectivity index is 0.000000287. The van der Waals surface area contributed by atoms with E-state index in [1.807, 2.05) is 49.9 Å². The number of aryl methyl sites for hydroxylation is 1. The topological polar surface area (TPSA) is 26.3 Å². The zero-order valence-corrected chi connectivity index (χ0v) is 22.0. The molecular formula is C23H31Cl3O2S2. The lowest BCUT2D eigenvalue weighted by Gasteiger charge is -2.09. The molecule has 2 unspecified atom stereocenters. The highest BCUT2D eigenvalue weighted by atomic mass is 35.5. The Hall–Kier alpha value is -0.390. The summed E-state index contributed by atoms with van der Waals surface area (Å²) in [5.41, 5.74) is 0. The van der Waals surface area contributed by atoms with Gasteiger partial charge >= 0.3 is 5.97 Å². The number of alkyl halides is 1. The lowest BCUT2D eigenvalue weighted by Crippen LogP contribution is -1.98. The van der Waals surface area contributed by atoms with Crippen molar-refractivity contribution in [2.45, 2.75) is 63.1 Å². The number of methoxy groups -OCH3 is 1. The number of halogens is 3. The van der Waals surface area contributed by atoms with Crippen LogP contribution in [0.5, 0.6) is 0 Å². The van der Waals surface area contributed by atoms with Crippen molar-refractivity contribution in [3.63, 3.8) is 0 Å². The molecule has 1 aliphatic carbocycles. The molecule has 1 fully saturated rings. The van der Waals surface area contributed by atoms with Gasteiger partial charge in [0, 0.05) is 30.9 Å². The van der Waals surface area contributed by atoms with Gasteiger partial charge in [-0.3, -0.25) is 0 Å². The van der Waals surface area contributed by atoms with Gasteiger partial charge in [-0.2, -0.15) is 0 Å². The molecule has 0 amide bonds. The van der Waals surface area contributed by atoms with Gasteiger partial charge in [0.1, 0.15) is 4.88 Å². The first-order valence-electron chi connectivity index (χ1n) is 10.3. The van der Waals surface area contributed by atoms with Crippen LogP contribution in [0.25, 0.3) is 0 Å². The average molecular weight is 510 g/mol. The Morgan fingerprint density at radius 2 is 1.83 bits per heavy atom. The Morgan fingerprint density at radius 3 is 2.37 bits per heavy atom. The van der Waals surface area contributed by atoms with Gasteiger partial charge in [-0.15, -0.1) is 34.7 Å². The summed E-state index contributed by atoms with van der Waals surface area (Å²) in [5, 5.41) is 1.79. The molecule has 0 bridgehead atoms. The van der Waals surface area contributed by atoms with E-state index in [-0.39, 0.29) is 5.97 Å². The maximum absolute atomic E-state index is 11.0. The molecule has 1 saturated carbocycles. The Morgan fingerprint density at radius 1 is 1.17 bits per heavy atom. The molecule has 30 heavy (non-hydrogen) atoms. The summed E-state index contributed by atoms with van der Waals surface area (Å²) in [4.78, 5) is 14.1. The minimum atomic E-state index is -0.234. The van der Waals surface area contributed by atoms with Crippen molar-refractivity contribution in [1.29, 1.82) is 0 Å². The van der Waals surface area contributed by atoms with E-state index in [2.05, 4.69) is 11.7 Å². The van der Waals surface area contributed by atoms with Crippen LogP contribution in [0.15, 0.2) is 35.2 Å². The molecule has 1 aromatic carbocycles. The normalized spacial score (nSPS) is 17.4. The second-order valence-corrected chi connectivity index (χ2v) is 10.5. The lowest BCUT2D eigenvalue weighted by molar-refractivity contribution is 0.0606. The van der Waals surface area contributed by atoms with Crippen LogP contribution in [-0.4, -0.2) is 24.2 Å². The maximum atomic E-state index is 11.0. The van der Waals surface area contributed by atoms with Crippen LogP contribution in [-0.2, 0) is 11.2 Å². The molecule has 0 spiro atoms. The van der Waals surface area contributed by atoms with Gasteiger partial charge in [0.05, 0.1) is 7.11 Å². The minimum absolute atomic E-state index is 0.234. The molecule has 1 heterocycles. The summed E-state index contributed by atoms with van der Waals surface area (Å²) in [6.07, 6.45) is 5.70. The Bertz CT molecular complexity index is 744. The van der Waals surface area contributed by atoms with Gasteiger partial charge in [0.15, 0.2) is 0 Å². The molecule has 7 heteroatoms. The van der Waals surface area contributed by atoms with Crippen LogP contribution in [0.2, 0.25) is 10.0 Å². The predicted molar refractivity (Wildman–Crippen MR) is 135 cm³/mol. The van der Waals surface area contributed by atoms with Gasteiger partial charge in [-0.05, 0) is 61.9 Å². The van der Waals surface area contributed by atoms with E-state index in [0.29, 0.717) is 20.3 Å². The van der Waals surface area contributed by atoms with Crippen LogP contribution in [0.4, 0.5) is 0 Å². The van der Waals surface area contributed by atoms with E-state index in [1.165, 1.54) is 29.7 Å². The van der Waals surface area contributed by atoms with Gasteiger partial charge in [-0.1, -0.05) is 50.4 Å². The predicted octanol–water partition coefficient (Wildman–Crippen LogP) is 9.01. The zero-order chi connectivity index (χ0) is 22.5. The Labute approximate surface area is 204 Å². The number of carbonyl (C=O) groups excluding carboxylic acids is 1. The highest BCUT2D eigenvalue weighted by molar-refractivity contribution is 7.99. The van der Waals surface area contributed by atoms with Crippen molar-refractivity contribution in [1.82, 2.24) is 0 Å². The van der Waals surface area contributed by atoms with Gasteiger partial charge in [0.25, 0.3) is 0 Å². The van der Waals surface area contributed by atoms with Crippen molar-refractivity contribution in [2.24, 2.45) is 5.92 Å². The molecule has 168 valence electrons. The molecule has 0 radical (unpaired) electrons. The number of carbonyl (C=O) groups is 1. The van der Waals surface area contributed by atoms with Crippen LogP contribution in [0, 0.1) is 5.92 Å². The Kier molecular flexibility index (Phi) is 14.2. The standard InChI is InChI=1S/C12H13Cl3S.C9H12O2S.C2H6/c13-9-2-1-8(3-9)7-16-12-5-10(14)4-11(15)6-12;1-3-4-7-5-6-8(12-7)9(10)11-2;1-2/h4-6,8-9H,1-3,7H2;5-6H,3-4H2,1-2H3;1-2H3. The van der Waals surface area contributed by atoms with E-state index >= 15 is 0 Å². The zero-order valence-electron chi connectivity index (χ0n) is 18.1. The summed E-state index contributed by atoms with van der Waals surface area (Å²) in [6.45, 7) is 6.12. The molecule has 2 nitrogen and oxygen atoms in total. The van der Waals surface area contributed by atoms with E-state index in [0.717, 1.165) is 42.2 Å². The third-order valence-electron chi connectivity index (χ3n) is 4.34. The monoisotopic (exact) mass is 508 g/mol. The maximum Gasteiger partial charge on any atom is 0.348 e. The van der Waals surface area contributed by atoms with Crippen molar-refractivity contribution in [3.05, 3.63) is 50.1 Å². The first-order chi connectivity index (χ1) is 14.4. The SMILES string of the molecule is CC.CCCc1ccc(C(=O)OC)s1.Clc1cc(Cl)cc(SCC2CCC(Cl)C2)c1. The quantitative estimate of drug-likeness (QED) is 0.221. The minimum Gasteiger partial charge on any atom is -0.465 e. The van der Waals surface area contributed by atoms with Crippen molar-refractivity contribution < 1.29 is 9.53 Å². The lowest BCUT2D eigenvalue weighted by atomic mass is 10.1. The number of esters is 1. The largest absolute Gasteiger partial charge is 0.465 e. The molecule has 1 aliphatic rings. The molecule has 2 aromatic rings. The second kappa shape index (κ2) is 15.4. The number of ether oxygens (including phenoxy) is 1. The summed E-state index contributed by atoms with van der Waals surface area (Å²) in [7, 11) is 1.40. The van der Waals surface area contributed by atoms with Gasteiger partial charge in [0.2, 0.25) is 0 Å². The third-order valence-corrected chi connectivity index (χ3v) is 7.51.